The molecule has 0 radical (unpaired) electrons. The Bertz CT molecular complexity index is 798. The molecule has 1 aromatic heterocycles. The van der Waals surface area contributed by atoms with E-state index in [-0.39, 0.29) is 11.9 Å². The Morgan fingerprint density at radius 1 is 1.13 bits per heavy atom. The Hall–Kier alpha value is -3.13. The summed E-state index contributed by atoms with van der Waals surface area (Å²) in [6, 6.07) is 15.9. The number of guanidine groups is 1. The highest BCUT2D eigenvalue weighted by Crippen LogP contribution is 2.06. The number of rotatable bonds is 10. The Morgan fingerprint density at radius 2 is 1.97 bits per heavy atom. The van der Waals surface area contributed by atoms with Crippen molar-refractivity contribution in [1.29, 1.82) is 0 Å². The Morgan fingerprint density at radius 3 is 2.70 bits per heavy atom. The number of nitrogens with zero attached hydrogens (tertiary/aromatic N) is 3. The molecule has 0 bridgehead atoms. The number of hydrogen-bond acceptors (Lipinski definition) is 7. The Kier molecular flexibility index (Phi) is 8.47. The van der Waals surface area contributed by atoms with Crippen LogP contribution in [0.25, 0.3) is 0 Å². The molecule has 0 saturated heterocycles. The number of carbonyl (C=O) groups excluding carboxylic acids is 1. The van der Waals surface area contributed by atoms with E-state index in [0.717, 1.165) is 31.0 Å². The van der Waals surface area contributed by atoms with Gasteiger partial charge in [-0.3, -0.25) is 9.79 Å². The molecular formula is C22H31N7O. The first kappa shape index (κ1) is 21.6. The van der Waals surface area contributed by atoms with Gasteiger partial charge in [0.2, 0.25) is 5.91 Å². The number of benzene rings is 1. The molecule has 30 heavy (non-hydrogen) atoms. The van der Waals surface area contributed by atoms with E-state index >= 15 is 0 Å². The minimum Gasteiger partial charge on any atom is -0.385 e. The topological polar surface area (TPSA) is 93.7 Å². The van der Waals surface area contributed by atoms with Gasteiger partial charge in [-0.05, 0) is 37.2 Å². The van der Waals surface area contributed by atoms with E-state index in [1.165, 1.54) is 0 Å². The van der Waals surface area contributed by atoms with Crippen molar-refractivity contribution in [3.8, 4) is 0 Å². The number of pyridine rings is 1. The summed E-state index contributed by atoms with van der Waals surface area (Å²) in [6.45, 7) is 3.72. The summed E-state index contributed by atoms with van der Waals surface area (Å²) >= 11 is 0. The van der Waals surface area contributed by atoms with Gasteiger partial charge in [0, 0.05) is 45.0 Å². The molecule has 1 aliphatic rings. The quantitative estimate of drug-likeness (QED) is 0.447. The van der Waals surface area contributed by atoms with Gasteiger partial charge in [-0.2, -0.15) is 0 Å². The molecule has 0 spiro atoms. The largest absolute Gasteiger partial charge is 0.385 e. The van der Waals surface area contributed by atoms with Crippen molar-refractivity contribution in [2.75, 3.05) is 50.4 Å². The lowest BCUT2D eigenvalue weighted by Crippen LogP contribution is -2.51. The van der Waals surface area contributed by atoms with E-state index in [2.05, 4.69) is 43.4 Å². The van der Waals surface area contributed by atoms with Crippen LogP contribution in [0.5, 0.6) is 0 Å². The third kappa shape index (κ3) is 7.04. The lowest BCUT2D eigenvalue weighted by molar-refractivity contribution is -0.131. The average molecular weight is 410 g/mol. The maximum absolute atomic E-state index is 12.5. The molecule has 0 aliphatic carbocycles. The third-order valence-electron chi connectivity index (χ3n) is 4.97. The minimum absolute atomic E-state index is 0.0573. The molecule has 0 fully saturated rings. The molecule has 3 rings (SSSR count). The molecule has 2 heterocycles. The number of nitrogens with one attached hydrogen (secondary N) is 4. The highest BCUT2D eigenvalue weighted by Gasteiger charge is 2.22. The standard InChI is InChI=1S/C22H31N7O/c1-29(19-16-26-22(27-17-19)28-20-10-5-6-13-25-20)21(30)11-15-23-12-7-14-24-18-8-3-2-4-9-18/h2-6,8-10,13,19,23-24H,7,11-12,14-17H2,1H3,(H2,25,26,27,28). The van der Waals surface area contributed by atoms with Crippen LogP contribution in [-0.2, 0) is 4.79 Å². The molecule has 8 heteroatoms. The lowest BCUT2D eigenvalue weighted by atomic mass is 10.2. The highest BCUT2D eigenvalue weighted by atomic mass is 16.2. The van der Waals surface area contributed by atoms with Crippen molar-refractivity contribution < 1.29 is 4.79 Å². The molecule has 1 aliphatic heterocycles. The molecule has 1 aromatic carbocycles. The van der Waals surface area contributed by atoms with Crippen LogP contribution in [0.4, 0.5) is 11.5 Å². The fraction of sp³-hybridized carbons (Fsp3) is 0.409. The number of amides is 1. The normalized spacial score (nSPS) is 15.6. The van der Waals surface area contributed by atoms with Gasteiger partial charge in [-0.15, -0.1) is 0 Å². The lowest BCUT2D eigenvalue weighted by Gasteiger charge is -2.31. The summed E-state index contributed by atoms with van der Waals surface area (Å²) in [5, 5.41) is 13.1. The van der Waals surface area contributed by atoms with E-state index < -0.39 is 0 Å². The second-order valence-corrected chi connectivity index (χ2v) is 7.21. The van der Waals surface area contributed by atoms with Gasteiger partial charge in [-0.1, -0.05) is 24.3 Å². The van der Waals surface area contributed by atoms with E-state index in [1.54, 1.807) is 11.1 Å². The van der Waals surface area contributed by atoms with Crippen molar-refractivity contribution in [3.05, 3.63) is 54.7 Å². The summed E-state index contributed by atoms with van der Waals surface area (Å²) in [5.74, 6) is 1.57. The van der Waals surface area contributed by atoms with Gasteiger partial charge in [-0.25, -0.2) is 4.98 Å². The van der Waals surface area contributed by atoms with Crippen LogP contribution in [0.2, 0.25) is 0 Å². The zero-order chi connectivity index (χ0) is 21.0. The number of likely N-dealkylation sites (N-methyl/N-ethyl adjacent to an activating group) is 1. The van der Waals surface area contributed by atoms with Crippen molar-refractivity contribution in [3.63, 3.8) is 0 Å². The predicted molar refractivity (Wildman–Crippen MR) is 122 cm³/mol. The van der Waals surface area contributed by atoms with Crippen molar-refractivity contribution in [2.45, 2.75) is 18.9 Å². The highest BCUT2D eigenvalue weighted by molar-refractivity contribution is 5.93. The predicted octanol–water partition coefficient (Wildman–Crippen LogP) is 1.76. The minimum atomic E-state index is 0.0573. The molecule has 1 atom stereocenters. The van der Waals surface area contributed by atoms with Crippen molar-refractivity contribution in [2.24, 2.45) is 4.99 Å². The molecule has 160 valence electrons. The second-order valence-electron chi connectivity index (χ2n) is 7.21. The van der Waals surface area contributed by atoms with Crippen LogP contribution in [-0.4, -0.2) is 67.6 Å². The number of aliphatic imine (C=N–C) groups is 1. The first-order valence-corrected chi connectivity index (χ1v) is 10.4. The molecule has 0 saturated carbocycles. The summed E-state index contributed by atoms with van der Waals surface area (Å²) < 4.78 is 0. The second kappa shape index (κ2) is 11.8. The summed E-state index contributed by atoms with van der Waals surface area (Å²) in [7, 11) is 1.85. The van der Waals surface area contributed by atoms with Gasteiger partial charge in [0.15, 0.2) is 5.96 Å². The molecule has 2 aromatic rings. The molecule has 1 amide bonds. The van der Waals surface area contributed by atoms with E-state index in [0.29, 0.717) is 32.0 Å². The van der Waals surface area contributed by atoms with Crippen LogP contribution in [0.1, 0.15) is 12.8 Å². The molecule has 4 N–H and O–H groups in total. The van der Waals surface area contributed by atoms with Crippen LogP contribution in [0, 0.1) is 0 Å². The monoisotopic (exact) mass is 409 g/mol. The number of carbonyl (C=O) groups is 1. The number of aromatic nitrogens is 1. The fourth-order valence-electron chi connectivity index (χ4n) is 3.14. The Balaban J connectivity index is 1.27. The summed E-state index contributed by atoms with van der Waals surface area (Å²) in [4.78, 5) is 23.0. The number of anilines is 2. The van der Waals surface area contributed by atoms with E-state index in [9.17, 15) is 4.79 Å². The van der Waals surface area contributed by atoms with E-state index in [4.69, 9.17) is 0 Å². The zero-order valence-electron chi connectivity index (χ0n) is 17.5. The van der Waals surface area contributed by atoms with Gasteiger partial charge in [0.05, 0.1) is 12.6 Å². The number of hydrogen-bond donors (Lipinski definition) is 4. The van der Waals surface area contributed by atoms with Crippen molar-refractivity contribution in [1.82, 2.24) is 20.5 Å². The van der Waals surface area contributed by atoms with E-state index in [1.807, 2.05) is 43.4 Å². The molecule has 1 unspecified atom stereocenters. The SMILES string of the molecule is CN(C(=O)CCNCCCNc1ccccc1)C1CN=C(Nc2ccccn2)NC1. The fourth-order valence-corrected chi connectivity index (χ4v) is 3.14. The van der Waals surface area contributed by atoms with Crippen molar-refractivity contribution >= 4 is 23.4 Å². The third-order valence-corrected chi connectivity index (χ3v) is 4.97. The van der Waals surface area contributed by atoms with Crippen LogP contribution < -0.4 is 21.3 Å². The number of para-hydroxylation sites is 1. The first-order valence-electron chi connectivity index (χ1n) is 10.4. The molecular weight excluding hydrogens is 378 g/mol. The van der Waals surface area contributed by atoms with Gasteiger partial charge in [0.1, 0.15) is 5.82 Å². The van der Waals surface area contributed by atoms with Crippen LogP contribution in [0.15, 0.2) is 59.7 Å². The maximum Gasteiger partial charge on any atom is 0.223 e. The van der Waals surface area contributed by atoms with Gasteiger partial charge >= 0.3 is 0 Å². The van der Waals surface area contributed by atoms with Gasteiger partial charge in [0.25, 0.3) is 0 Å². The summed E-state index contributed by atoms with van der Waals surface area (Å²) in [5.41, 5.74) is 1.14. The maximum atomic E-state index is 12.5. The van der Waals surface area contributed by atoms with Gasteiger partial charge < -0.3 is 26.2 Å². The molecule has 8 nitrogen and oxygen atoms in total. The zero-order valence-corrected chi connectivity index (χ0v) is 17.5. The first-order chi connectivity index (χ1) is 14.7. The Labute approximate surface area is 178 Å². The smallest absolute Gasteiger partial charge is 0.223 e. The summed E-state index contributed by atoms with van der Waals surface area (Å²) in [6.07, 6.45) is 3.23. The average Bonchev–Trinajstić information content (AvgIpc) is 2.80. The van der Waals surface area contributed by atoms with Crippen LogP contribution >= 0.6 is 0 Å². The van der Waals surface area contributed by atoms with Crippen LogP contribution in [0.3, 0.4) is 0 Å².